The average Bonchev–Trinajstić information content (AvgIpc) is 3.02. The maximum absolute atomic E-state index is 12.5. The molecule has 21 heavy (non-hydrogen) atoms. The molecule has 3 unspecified atom stereocenters. The van der Waals surface area contributed by atoms with Crippen molar-refractivity contribution in [1.29, 1.82) is 0 Å². The van der Waals surface area contributed by atoms with E-state index in [9.17, 15) is 4.79 Å². The number of carbonyl (C=O) groups is 1. The first-order chi connectivity index (χ1) is 10.2. The van der Waals surface area contributed by atoms with Crippen molar-refractivity contribution in [1.82, 2.24) is 14.6 Å². The minimum absolute atomic E-state index is 0.0509. The van der Waals surface area contributed by atoms with Gasteiger partial charge in [-0.25, -0.2) is 0 Å². The highest BCUT2D eigenvalue weighted by atomic mass is 32.1. The van der Waals surface area contributed by atoms with Gasteiger partial charge in [0.15, 0.2) is 0 Å². The lowest BCUT2D eigenvalue weighted by Crippen LogP contribution is -2.47. The van der Waals surface area contributed by atoms with Crippen molar-refractivity contribution < 1.29 is 4.79 Å². The van der Waals surface area contributed by atoms with Crippen molar-refractivity contribution in [3.05, 3.63) is 29.5 Å². The molecule has 0 spiro atoms. The molecule has 1 amide bonds. The molecule has 3 heterocycles. The molecule has 2 bridgehead atoms. The number of nitrogens with zero attached hydrogens (tertiary/aromatic N) is 2. The Morgan fingerprint density at radius 3 is 3.19 bits per heavy atom. The molecule has 2 aliphatic heterocycles. The number of hydrogen-bond donors (Lipinski definition) is 1. The number of nitrogens with one attached hydrogen (secondary N) is 1. The molecule has 2 saturated heterocycles. The Kier molecular flexibility index (Phi) is 3.19. The molecule has 2 fully saturated rings. The first kappa shape index (κ1) is 13.2. The Bertz CT molecular complexity index is 684. The van der Waals surface area contributed by atoms with Gasteiger partial charge in [0, 0.05) is 30.1 Å². The number of carbonyl (C=O) groups excluding carboxylic acids is 1. The molecule has 5 heteroatoms. The third-order valence-corrected chi connectivity index (χ3v) is 5.63. The predicted octanol–water partition coefficient (Wildman–Crippen LogP) is 2.43. The van der Waals surface area contributed by atoms with E-state index in [2.05, 4.69) is 14.6 Å². The monoisotopic (exact) mass is 301 g/mol. The van der Waals surface area contributed by atoms with Crippen LogP contribution in [0.4, 0.5) is 0 Å². The van der Waals surface area contributed by atoms with Gasteiger partial charge in [0.05, 0.1) is 10.4 Å². The van der Waals surface area contributed by atoms with Gasteiger partial charge in [0.25, 0.3) is 5.91 Å². The van der Waals surface area contributed by atoms with Gasteiger partial charge in [0.2, 0.25) is 0 Å². The predicted molar refractivity (Wildman–Crippen MR) is 84.8 cm³/mol. The minimum Gasteiger partial charge on any atom is -0.348 e. The van der Waals surface area contributed by atoms with Crippen LogP contribution in [0.5, 0.6) is 0 Å². The van der Waals surface area contributed by atoms with E-state index in [1.807, 2.05) is 25.1 Å². The van der Waals surface area contributed by atoms with E-state index in [-0.39, 0.29) is 5.91 Å². The number of hydrogen-bond acceptors (Lipinski definition) is 4. The second-order valence-electron chi connectivity index (χ2n) is 6.30. The van der Waals surface area contributed by atoms with Crippen molar-refractivity contribution >= 4 is 27.5 Å². The molecule has 0 aliphatic carbocycles. The molecule has 0 radical (unpaired) electrons. The lowest BCUT2D eigenvalue weighted by atomic mass is 9.96. The summed E-state index contributed by atoms with van der Waals surface area (Å²) in [5.41, 5.74) is 1.75. The van der Waals surface area contributed by atoms with Crippen molar-refractivity contribution in [3.63, 3.8) is 0 Å². The van der Waals surface area contributed by atoms with E-state index in [0.29, 0.717) is 6.04 Å². The van der Waals surface area contributed by atoms with Crippen LogP contribution in [0.1, 0.15) is 28.9 Å². The zero-order valence-corrected chi connectivity index (χ0v) is 12.9. The van der Waals surface area contributed by atoms with Crippen molar-refractivity contribution in [2.24, 2.45) is 5.92 Å². The number of aromatic nitrogens is 1. The quantitative estimate of drug-likeness (QED) is 0.926. The minimum atomic E-state index is 0.0509. The summed E-state index contributed by atoms with van der Waals surface area (Å²) in [5.74, 6) is 0.824. The third kappa shape index (κ3) is 2.45. The summed E-state index contributed by atoms with van der Waals surface area (Å²) in [7, 11) is 0. The standard InChI is InChI=1S/C16H19N3OS/c1-10-14-7-12(2-3-15(14)21-18-10)16(20)17-13-6-11-4-5-19(8-11)9-13/h2-3,7,11,13H,4-6,8-9H2,1H3,(H,17,20). The second-order valence-corrected chi connectivity index (χ2v) is 7.10. The number of amides is 1. The Morgan fingerprint density at radius 1 is 1.43 bits per heavy atom. The maximum atomic E-state index is 12.5. The smallest absolute Gasteiger partial charge is 0.251 e. The van der Waals surface area contributed by atoms with Gasteiger partial charge in [0.1, 0.15) is 0 Å². The van der Waals surface area contributed by atoms with E-state index in [4.69, 9.17) is 0 Å². The number of fused-ring (bicyclic) bond motifs is 3. The third-order valence-electron chi connectivity index (χ3n) is 4.71. The van der Waals surface area contributed by atoms with Gasteiger partial charge in [-0.05, 0) is 62.0 Å². The number of benzene rings is 1. The van der Waals surface area contributed by atoms with Crippen LogP contribution < -0.4 is 5.32 Å². The van der Waals surface area contributed by atoms with E-state index in [1.54, 1.807) is 0 Å². The van der Waals surface area contributed by atoms with Gasteiger partial charge in [-0.2, -0.15) is 4.37 Å². The fourth-order valence-corrected chi connectivity index (χ4v) is 4.40. The zero-order valence-electron chi connectivity index (χ0n) is 12.1. The molecule has 1 aromatic heterocycles. The zero-order chi connectivity index (χ0) is 14.4. The summed E-state index contributed by atoms with van der Waals surface area (Å²) in [6.07, 6.45) is 2.42. The van der Waals surface area contributed by atoms with Crippen LogP contribution in [-0.2, 0) is 0 Å². The number of aryl methyl sites for hydroxylation is 1. The highest BCUT2D eigenvalue weighted by Crippen LogP contribution is 2.27. The Balaban J connectivity index is 1.52. The molecule has 0 saturated carbocycles. The SMILES string of the molecule is Cc1nsc2ccc(C(=O)NC3CC4CCN(C4)C3)cc12. The van der Waals surface area contributed by atoms with Crippen molar-refractivity contribution in [2.45, 2.75) is 25.8 Å². The summed E-state index contributed by atoms with van der Waals surface area (Å²) in [6.45, 7) is 5.41. The van der Waals surface area contributed by atoms with Gasteiger partial charge in [-0.1, -0.05) is 0 Å². The molecular weight excluding hydrogens is 282 g/mol. The van der Waals surface area contributed by atoms with Crippen molar-refractivity contribution in [2.75, 3.05) is 19.6 Å². The topological polar surface area (TPSA) is 45.2 Å². The normalized spacial score (nSPS) is 28.0. The molecule has 2 aliphatic rings. The lowest BCUT2D eigenvalue weighted by molar-refractivity contribution is 0.0909. The Labute approximate surface area is 128 Å². The molecule has 1 aromatic carbocycles. The number of piperidine rings is 1. The first-order valence-electron chi connectivity index (χ1n) is 7.58. The molecular formula is C16H19N3OS. The fourth-order valence-electron chi connectivity index (χ4n) is 3.63. The average molecular weight is 301 g/mol. The largest absolute Gasteiger partial charge is 0.348 e. The molecule has 3 atom stereocenters. The summed E-state index contributed by atoms with van der Waals surface area (Å²) in [6, 6.07) is 6.19. The number of rotatable bonds is 2. The lowest BCUT2D eigenvalue weighted by Gasteiger charge is -2.30. The first-order valence-corrected chi connectivity index (χ1v) is 8.35. The van der Waals surface area contributed by atoms with Crippen LogP contribution in [0.3, 0.4) is 0 Å². The van der Waals surface area contributed by atoms with Gasteiger partial charge in [-0.3, -0.25) is 4.79 Å². The summed E-state index contributed by atoms with van der Waals surface area (Å²) < 4.78 is 5.49. The molecule has 2 aromatic rings. The van der Waals surface area contributed by atoms with Gasteiger partial charge < -0.3 is 10.2 Å². The van der Waals surface area contributed by atoms with Crippen LogP contribution in [0.25, 0.3) is 10.1 Å². The van der Waals surface area contributed by atoms with Crippen LogP contribution in [0, 0.1) is 12.8 Å². The van der Waals surface area contributed by atoms with Crippen LogP contribution in [0.2, 0.25) is 0 Å². The summed E-state index contributed by atoms with van der Waals surface area (Å²) in [5, 5.41) is 4.31. The highest BCUT2D eigenvalue weighted by molar-refractivity contribution is 7.13. The molecule has 4 rings (SSSR count). The van der Waals surface area contributed by atoms with Crippen molar-refractivity contribution in [3.8, 4) is 0 Å². The fraction of sp³-hybridized carbons (Fsp3) is 0.500. The van der Waals surface area contributed by atoms with Crippen LogP contribution >= 0.6 is 11.5 Å². The van der Waals surface area contributed by atoms with Gasteiger partial charge in [-0.15, -0.1) is 0 Å². The summed E-state index contributed by atoms with van der Waals surface area (Å²) in [4.78, 5) is 14.9. The second kappa shape index (κ2) is 5.07. The van der Waals surface area contributed by atoms with E-state index >= 15 is 0 Å². The van der Waals surface area contributed by atoms with E-state index in [1.165, 1.54) is 31.0 Å². The summed E-state index contributed by atoms with van der Waals surface area (Å²) >= 11 is 1.49. The molecule has 110 valence electrons. The van der Waals surface area contributed by atoms with E-state index in [0.717, 1.165) is 40.2 Å². The van der Waals surface area contributed by atoms with E-state index < -0.39 is 0 Å². The van der Waals surface area contributed by atoms with Crippen LogP contribution in [-0.4, -0.2) is 40.9 Å². The van der Waals surface area contributed by atoms with Crippen LogP contribution in [0.15, 0.2) is 18.2 Å². The molecule has 4 nitrogen and oxygen atoms in total. The Hall–Kier alpha value is -1.46. The molecule has 1 N–H and O–H groups in total. The Morgan fingerprint density at radius 2 is 2.33 bits per heavy atom. The van der Waals surface area contributed by atoms with Gasteiger partial charge >= 0.3 is 0 Å². The highest BCUT2D eigenvalue weighted by Gasteiger charge is 2.32. The maximum Gasteiger partial charge on any atom is 0.251 e.